The van der Waals surface area contributed by atoms with Crippen LogP contribution in [-0.2, 0) is 36.1 Å². The van der Waals surface area contributed by atoms with Crippen LogP contribution in [0.3, 0.4) is 0 Å². The van der Waals surface area contributed by atoms with Crippen LogP contribution in [0.5, 0.6) is 0 Å². The number of fused-ring (bicyclic) bond motifs is 8. The minimum atomic E-state index is -0.287. The molecule has 0 saturated carbocycles. The number of aromatic nitrogens is 4. The van der Waals surface area contributed by atoms with Crippen molar-refractivity contribution in [2.75, 3.05) is 14.2 Å². The van der Waals surface area contributed by atoms with Crippen molar-refractivity contribution >= 4 is 56.3 Å². The first-order chi connectivity index (χ1) is 31.1. The van der Waals surface area contributed by atoms with Crippen LogP contribution in [-0.4, -0.2) is 36.1 Å². The molecule has 5 heterocycles. The Bertz CT molecular complexity index is 2460. The Morgan fingerprint density at radius 1 is 0.508 bits per heavy atom. The zero-order valence-electron chi connectivity index (χ0n) is 40.6. The monoisotopic (exact) mass is 927 g/mol. The average molecular weight is 929 g/mol. The number of nitrogens with zero attached hydrogens (tertiary/aromatic N) is 4. The first-order valence-electron chi connectivity index (χ1n) is 24.3. The summed E-state index contributed by atoms with van der Waals surface area (Å²) < 4.78 is 10.1. The zero-order chi connectivity index (χ0) is 45.8. The summed E-state index contributed by atoms with van der Waals surface area (Å²) in [5.41, 5.74) is 13.7. The van der Waals surface area contributed by atoms with Crippen molar-refractivity contribution in [2.24, 2.45) is 0 Å². The van der Waals surface area contributed by atoms with Gasteiger partial charge in [-0.1, -0.05) is 151 Å². The molecule has 8 nitrogen and oxygen atoms in total. The van der Waals surface area contributed by atoms with E-state index >= 15 is 0 Å². The quantitative estimate of drug-likeness (QED) is 0.0424. The molecule has 3 aromatic rings. The van der Waals surface area contributed by atoms with Crippen molar-refractivity contribution in [1.29, 1.82) is 0 Å². The van der Waals surface area contributed by atoms with Gasteiger partial charge in [0.25, 0.3) is 0 Å². The molecule has 351 valence electrons. The third-order valence-corrected chi connectivity index (χ3v) is 12.7. The normalized spacial score (nSPS) is 12.1. The van der Waals surface area contributed by atoms with Gasteiger partial charge in [-0.25, -0.2) is 9.97 Å². The third-order valence-electron chi connectivity index (χ3n) is 12.7. The van der Waals surface area contributed by atoms with E-state index in [2.05, 4.69) is 57.4 Å². The third kappa shape index (κ3) is 15.1. The Morgan fingerprint density at radius 2 is 0.877 bits per heavy atom. The van der Waals surface area contributed by atoms with Gasteiger partial charge in [-0.2, -0.15) is 0 Å². The fourth-order valence-electron chi connectivity index (χ4n) is 8.56. The van der Waals surface area contributed by atoms with E-state index in [1.807, 2.05) is 32.0 Å². The van der Waals surface area contributed by atoms with Crippen LogP contribution < -0.4 is 9.97 Å². The van der Waals surface area contributed by atoms with Gasteiger partial charge >= 0.3 is 29.0 Å². The maximum atomic E-state index is 12.5. The number of hydrogen-bond donors (Lipinski definition) is 0. The van der Waals surface area contributed by atoms with Crippen molar-refractivity contribution in [3.05, 3.63) is 69.3 Å². The number of aryl methyl sites for hydroxylation is 2. The maximum absolute atomic E-state index is 12.5. The zero-order valence-corrected chi connectivity index (χ0v) is 41.5. The van der Waals surface area contributed by atoms with Gasteiger partial charge in [-0.05, 0) is 87.8 Å². The van der Waals surface area contributed by atoms with Gasteiger partial charge in [0.15, 0.2) is 0 Å². The van der Waals surface area contributed by atoms with Crippen molar-refractivity contribution in [2.45, 2.75) is 183 Å². The van der Waals surface area contributed by atoms with E-state index in [0.717, 1.165) is 115 Å². The van der Waals surface area contributed by atoms with E-state index in [-0.39, 0.29) is 41.8 Å². The molecule has 65 heavy (non-hydrogen) atoms. The molecule has 0 saturated heterocycles. The molecule has 2 aliphatic rings. The predicted octanol–water partition coefficient (Wildman–Crippen LogP) is 13.7. The average Bonchev–Trinajstić information content (AvgIpc) is 3.95. The van der Waals surface area contributed by atoms with Crippen molar-refractivity contribution in [3.8, 4) is 23.7 Å². The molecule has 8 bridgehead atoms. The van der Waals surface area contributed by atoms with Crippen molar-refractivity contribution in [1.82, 2.24) is 19.9 Å². The van der Waals surface area contributed by atoms with Crippen molar-refractivity contribution < 1.29 is 36.1 Å². The number of hydrogen-bond acceptors (Lipinski definition) is 6. The van der Waals surface area contributed by atoms with Crippen LogP contribution in [0, 0.1) is 37.5 Å². The number of carbonyl (C=O) groups excluding carboxylic acids is 2. The topological polar surface area (TPSA) is 107 Å². The van der Waals surface area contributed by atoms with Crippen LogP contribution >= 0.6 is 0 Å². The maximum Gasteiger partial charge on any atom is 2.00 e. The summed E-state index contributed by atoms with van der Waals surface area (Å²) >= 11 is 0. The Morgan fingerprint density at radius 3 is 1.29 bits per heavy atom. The van der Waals surface area contributed by atoms with Crippen LogP contribution in [0.25, 0.3) is 44.4 Å². The first kappa shape index (κ1) is 52.8. The molecule has 0 N–H and O–H groups in total. The summed E-state index contributed by atoms with van der Waals surface area (Å²) in [6, 6.07) is 8.13. The molecule has 0 aliphatic carbocycles. The van der Waals surface area contributed by atoms with Gasteiger partial charge in [-0.3, -0.25) is 9.59 Å². The van der Waals surface area contributed by atoms with Crippen LogP contribution in [0.15, 0.2) is 24.3 Å². The predicted molar refractivity (Wildman–Crippen MR) is 264 cm³/mol. The molecular weight excluding hydrogens is 856 g/mol. The van der Waals surface area contributed by atoms with E-state index in [0.29, 0.717) is 12.8 Å². The van der Waals surface area contributed by atoms with E-state index in [1.54, 1.807) is 0 Å². The second-order valence-electron chi connectivity index (χ2n) is 17.5. The summed E-state index contributed by atoms with van der Waals surface area (Å²) in [7, 11) is 2.82. The number of ether oxygens (including phenoxy) is 2. The SMILES string of the molecule is CCCCCCCCCCC#Cc1c(C)c2cc3[n-]c(cc4nc(cc5nc(cc1[n-]2)C(C)=C5CCC(=O)OC)C(CCC(=O)OC)=C4C)c(C)c3C#CCCCCCCCCCC.[Cu+2]. The molecule has 0 aromatic carbocycles. The molecule has 5 rings (SSSR count). The fourth-order valence-corrected chi connectivity index (χ4v) is 8.56. The van der Waals surface area contributed by atoms with Crippen LogP contribution in [0.1, 0.15) is 214 Å². The number of allylic oxidation sites excluding steroid dienone is 4. The Hall–Kier alpha value is -4.82. The van der Waals surface area contributed by atoms with Gasteiger partial charge in [0, 0.05) is 36.8 Å². The summed E-state index contributed by atoms with van der Waals surface area (Å²) in [5, 5.41) is 0. The second-order valence-corrected chi connectivity index (χ2v) is 17.5. The number of rotatable bonds is 22. The van der Waals surface area contributed by atoms with Gasteiger partial charge in [-0.15, -0.1) is 22.1 Å². The van der Waals surface area contributed by atoms with Gasteiger partial charge < -0.3 is 19.4 Å². The molecule has 0 atom stereocenters. The van der Waals surface area contributed by atoms with E-state index in [9.17, 15) is 9.59 Å². The van der Waals surface area contributed by atoms with E-state index < -0.39 is 0 Å². The Labute approximate surface area is 400 Å². The Kier molecular flexibility index (Phi) is 22.4. The number of carbonyl (C=O) groups is 2. The van der Waals surface area contributed by atoms with Gasteiger partial charge in [0.05, 0.1) is 37.0 Å². The largest absolute Gasteiger partial charge is 2.00 e. The summed E-state index contributed by atoms with van der Waals surface area (Å²) in [6.07, 6.45) is 23.1. The molecule has 9 heteroatoms. The van der Waals surface area contributed by atoms with Crippen LogP contribution in [0.2, 0.25) is 0 Å². The first-order valence-corrected chi connectivity index (χ1v) is 24.3. The van der Waals surface area contributed by atoms with E-state index in [1.165, 1.54) is 104 Å². The number of unbranched alkanes of at least 4 members (excludes halogenated alkanes) is 16. The molecule has 1 radical (unpaired) electrons. The summed E-state index contributed by atoms with van der Waals surface area (Å²) in [5.74, 6) is 13.5. The van der Waals surface area contributed by atoms with Gasteiger partial charge in [0.1, 0.15) is 0 Å². The molecule has 0 spiro atoms. The molecule has 0 fully saturated rings. The van der Waals surface area contributed by atoms with Gasteiger partial charge in [0.2, 0.25) is 0 Å². The number of methoxy groups -OCH3 is 2. The second kappa shape index (κ2) is 27.6. The standard InChI is InChI=1S/C56H72N4O4.Cu/c1-9-11-13-15-17-19-21-23-25-27-29-43-39(3)47-35-48-41(5)45(31-33-55(61)63-7)53(58-48)38-54-46(32-34-56(62)64-8)42(6)50(60-54)37-52-44(40(4)49(59-52)36-51(43)57-47)30-28-26-24-22-20-18-16-14-12-10-2;/h35-38H,9-26,31-34H2,1-8H3;/q-2;+2. The van der Waals surface area contributed by atoms with Crippen LogP contribution in [0.4, 0.5) is 0 Å². The minimum absolute atomic E-state index is 0. The molecule has 3 aromatic heterocycles. The Balaban J connectivity index is 0.00000925. The molecule has 0 unspecified atom stereocenters. The van der Waals surface area contributed by atoms with Crippen molar-refractivity contribution in [3.63, 3.8) is 0 Å². The summed E-state index contributed by atoms with van der Waals surface area (Å²) in [4.78, 5) is 45.8. The fraction of sp³-hybridized carbons (Fsp3) is 0.536. The molecule has 2 aliphatic heterocycles. The summed E-state index contributed by atoms with van der Waals surface area (Å²) in [6.45, 7) is 12.8. The minimum Gasteiger partial charge on any atom is -0.657 e. The smallest absolute Gasteiger partial charge is 0.657 e. The van der Waals surface area contributed by atoms with E-state index in [4.69, 9.17) is 29.4 Å². The molecule has 0 amide bonds. The number of esters is 2. The molecular formula is C56H72CuN4O4.